The number of benzene rings is 1. The van der Waals surface area contributed by atoms with E-state index in [2.05, 4.69) is 30.9 Å². The molecule has 1 aliphatic heterocycles. The van der Waals surface area contributed by atoms with Crippen molar-refractivity contribution in [2.45, 2.75) is 26.4 Å². The van der Waals surface area contributed by atoms with Crippen LogP contribution < -0.4 is 15.4 Å². The molecule has 17 heavy (non-hydrogen) atoms. The highest BCUT2D eigenvalue weighted by atomic mass is 16.5. The van der Waals surface area contributed by atoms with Crippen molar-refractivity contribution in [3.63, 3.8) is 0 Å². The maximum absolute atomic E-state index is 5.85. The highest BCUT2D eigenvalue weighted by Gasteiger charge is 2.23. The zero-order valence-corrected chi connectivity index (χ0v) is 10.7. The minimum Gasteiger partial charge on any atom is -0.489 e. The van der Waals surface area contributed by atoms with Gasteiger partial charge in [0.2, 0.25) is 0 Å². The molecule has 0 spiro atoms. The predicted octanol–water partition coefficient (Wildman–Crippen LogP) is 2.26. The van der Waals surface area contributed by atoms with E-state index in [0.29, 0.717) is 5.92 Å². The summed E-state index contributed by atoms with van der Waals surface area (Å²) in [4.78, 5) is 2.38. The van der Waals surface area contributed by atoms with E-state index >= 15 is 0 Å². The first-order valence-electron chi connectivity index (χ1n) is 6.41. The average molecular weight is 234 g/mol. The molecular weight excluding hydrogens is 212 g/mol. The Balaban J connectivity index is 2.14. The molecule has 0 aliphatic carbocycles. The Morgan fingerprint density at radius 2 is 2.18 bits per heavy atom. The summed E-state index contributed by atoms with van der Waals surface area (Å²) in [6, 6.07) is 8.28. The monoisotopic (exact) mass is 234 g/mol. The van der Waals surface area contributed by atoms with E-state index in [1.807, 2.05) is 12.1 Å². The molecule has 1 atom stereocenters. The molecule has 1 heterocycles. The maximum Gasteiger partial charge on any atom is 0.142 e. The summed E-state index contributed by atoms with van der Waals surface area (Å²) in [7, 11) is 0. The molecule has 0 aromatic heterocycles. The van der Waals surface area contributed by atoms with Crippen molar-refractivity contribution >= 4 is 5.69 Å². The molecule has 0 bridgehead atoms. The van der Waals surface area contributed by atoms with Gasteiger partial charge in [0.25, 0.3) is 0 Å². The lowest BCUT2D eigenvalue weighted by molar-refractivity contribution is 0.243. The van der Waals surface area contributed by atoms with Gasteiger partial charge >= 0.3 is 0 Å². The third kappa shape index (κ3) is 2.91. The van der Waals surface area contributed by atoms with Crippen LogP contribution in [0.25, 0.3) is 0 Å². The van der Waals surface area contributed by atoms with Gasteiger partial charge in [0, 0.05) is 13.1 Å². The van der Waals surface area contributed by atoms with Crippen LogP contribution in [0.2, 0.25) is 0 Å². The molecule has 1 aromatic rings. The lowest BCUT2D eigenvalue weighted by Gasteiger charge is -2.23. The molecule has 0 saturated carbocycles. The lowest BCUT2D eigenvalue weighted by Crippen LogP contribution is -2.23. The van der Waals surface area contributed by atoms with E-state index in [1.165, 1.54) is 12.1 Å². The van der Waals surface area contributed by atoms with Crippen molar-refractivity contribution < 1.29 is 4.74 Å². The second-order valence-corrected chi connectivity index (χ2v) is 4.97. The normalized spacial score (nSPS) is 20.0. The fourth-order valence-electron chi connectivity index (χ4n) is 2.32. The molecule has 0 amide bonds. The summed E-state index contributed by atoms with van der Waals surface area (Å²) in [6.07, 6.45) is 1.40. The highest BCUT2D eigenvalue weighted by molar-refractivity contribution is 5.59. The topological polar surface area (TPSA) is 38.5 Å². The number of ether oxygens (including phenoxy) is 1. The van der Waals surface area contributed by atoms with Gasteiger partial charge in [0.15, 0.2) is 0 Å². The number of para-hydroxylation sites is 2. The molecule has 0 radical (unpaired) electrons. The van der Waals surface area contributed by atoms with Gasteiger partial charge in [0.05, 0.1) is 11.8 Å². The Morgan fingerprint density at radius 3 is 2.82 bits per heavy atom. The van der Waals surface area contributed by atoms with Crippen molar-refractivity contribution in [1.29, 1.82) is 0 Å². The molecule has 1 unspecified atom stereocenters. The van der Waals surface area contributed by atoms with Gasteiger partial charge in [-0.25, -0.2) is 0 Å². The largest absolute Gasteiger partial charge is 0.489 e. The zero-order valence-electron chi connectivity index (χ0n) is 10.7. The number of rotatable bonds is 4. The Bertz CT molecular complexity index is 365. The Kier molecular flexibility index (Phi) is 3.89. The van der Waals surface area contributed by atoms with Gasteiger partial charge < -0.3 is 15.4 Å². The lowest BCUT2D eigenvalue weighted by atomic mass is 10.1. The highest BCUT2D eigenvalue weighted by Crippen LogP contribution is 2.32. The van der Waals surface area contributed by atoms with Gasteiger partial charge in [0.1, 0.15) is 5.75 Å². The SMILES string of the molecule is CC(C)Oc1ccccc1N1CCC(CN)C1. The van der Waals surface area contributed by atoms with Crippen molar-refractivity contribution in [3.8, 4) is 5.75 Å². The van der Waals surface area contributed by atoms with Gasteiger partial charge in [-0.05, 0) is 44.9 Å². The van der Waals surface area contributed by atoms with Gasteiger partial charge in [-0.2, -0.15) is 0 Å². The third-order valence-corrected chi connectivity index (χ3v) is 3.19. The first kappa shape index (κ1) is 12.2. The fraction of sp³-hybridized carbons (Fsp3) is 0.571. The summed E-state index contributed by atoms with van der Waals surface area (Å²) in [6.45, 7) is 7.03. The Labute approximate surface area is 104 Å². The molecule has 1 aliphatic rings. The molecule has 3 nitrogen and oxygen atoms in total. The maximum atomic E-state index is 5.85. The summed E-state index contributed by atoms with van der Waals surface area (Å²) in [5.41, 5.74) is 6.94. The van der Waals surface area contributed by atoms with Crippen LogP contribution in [-0.4, -0.2) is 25.7 Å². The van der Waals surface area contributed by atoms with E-state index < -0.39 is 0 Å². The van der Waals surface area contributed by atoms with E-state index in [1.54, 1.807) is 0 Å². The quantitative estimate of drug-likeness (QED) is 0.868. The van der Waals surface area contributed by atoms with Crippen molar-refractivity contribution in [3.05, 3.63) is 24.3 Å². The molecule has 3 heteroatoms. The van der Waals surface area contributed by atoms with Crippen molar-refractivity contribution in [1.82, 2.24) is 0 Å². The summed E-state index contributed by atoms with van der Waals surface area (Å²) < 4.78 is 5.85. The van der Waals surface area contributed by atoms with E-state index in [4.69, 9.17) is 10.5 Å². The standard InChI is InChI=1S/C14H22N2O/c1-11(2)17-14-6-4-3-5-13(14)16-8-7-12(9-15)10-16/h3-6,11-12H,7-10,15H2,1-2H3. The minimum atomic E-state index is 0.212. The molecule has 2 N–H and O–H groups in total. The third-order valence-electron chi connectivity index (χ3n) is 3.19. The van der Waals surface area contributed by atoms with E-state index in [0.717, 1.165) is 25.4 Å². The average Bonchev–Trinajstić information content (AvgIpc) is 2.77. The Hall–Kier alpha value is -1.22. The number of hydrogen-bond donors (Lipinski definition) is 1. The molecular formula is C14H22N2O. The summed E-state index contributed by atoms with van der Waals surface area (Å²) in [5.74, 6) is 1.61. The summed E-state index contributed by atoms with van der Waals surface area (Å²) >= 11 is 0. The van der Waals surface area contributed by atoms with Gasteiger partial charge in [-0.15, -0.1) is 0 Å². The van der Waals surface area contributed by atoms with Crippen LogP contribution in [0.3, 0.4) is 0 Å². The second-order valence-electron chi connectivity index (χ2n) is 4.97. The first-order chi connectivity index (χ1) is 8.20. The number of nitrogens with two attached hydrogens (primary N) is 1. The van der Waals surface area contributed by atoms with Gasteiger partial charge in [-0.3, -0.25) is 0 Å². The van der Waals surface area contributed by atoms with Crippen LogP contribution in [-0.2, 0) is 0 Å². The van der Waals surface area contributed by atoms with E-state index in [-0.39, 0.29) is 6.10 Å². The number of hydrogen-bond acceptors (Lipinski definition) is 3. The molecule has 94 valence electrons. The van der Waals surface area contributed by atoms with Crippen LogP contribution in [0.4, 0.5) is 5.69 Å². The molecule has 1 saturated heterocycles. The molecule has 1 fully saturated rings. The van der Waals surface area contributed by atoms with Crippen molar-refractivity contribution in [2.24, 2.45) is 11.7 Å². The van der Waals surface area contributed by atoms with Crippen LogP contribution >= 0.6 is 0 Å². The minimum absolute atomic E-state index is 0.212. The number of anilines is 1. The fourth-order valence-corrected chi connectivity index (χ4v) is 2.32. The smallest absolute Gasteiger partial charge is 0.142 e. The van der Waals surface area contributed by atoms with E-state index in [9.17, 15) is 0 Å². The molecule has 2 rings (SSSR count). The Morgan fingerprint density at radius 1 is 1.41 bits per heavy atom. The zero-order chi connectivity index (χ0) is 12.3. The van der Waals surface area contributed by atoms with Crippen LogP contribution in [0.5, 0.6) is 5.75 Å². The van der Waals surface area contributed by atoms with Crippen LogP contribution in [0.1, 0.15) is 20.3 Å². The van der Waals surface area contributed by atoms with Crippen LogP contribution in [0.15, 0.2) is 24.3 Å². The van der Waals surface area contributed by atoms with Crippen molar-refractivity contribution in [2.75, 3.05) is 24.5 Å². The second kappa shape index (κ2) is 5.41. The molecule has 1 aromatic carbocycles. The van der Waals surface area contributed by atoms with Crippen LogP contribution in [0, 0.1) is 5.92 Å². The summed E-state index contributed by atoms with van der Waals surface area (Å²) in [5, 5.41) is 0. The number of nitrogens with zero attached hydrogens (tertiary/aromatic N) is 1. The van der Waals surface area contributed by atoms with Gasteiger partial charge in [-0.1, -0.05) is 12.1 Å². The first-order valence-corrected chi connectivity index (χ1v) is 6.41. The predicted molar refractivity (Wildman–Crippen MR) is 71.6 cm³/mol.